The van der Waals surface area contributed by atoms with Crippen LogP contribution in [0.2, 0.25) is 0 Å². The summed E-state index contributed by atoms with van der Waals surface area (Å²) in [4.78, 5) is 6.74. The van der Waals surface area contributed by atoms with E-state index in [-0.39, 0.29) is 6.04 Å². The zero-order valence-electron chi connectivity index (χ0n) is 12.9. The van der Waals surface area contributed by atoms with Gasteiger partial charge in [-0.1, -0.05) is 6.92 Å². The van der Waals surface area contributed by atoms with E-state index in [1.807, 2.05) is 19.2 Å². The van der Waals surface area contributed by atoms with E-state index in [1.165, 1.54) is 16.6 Å². The molecule has 2 aromatic rings. The van der Waals surface area contributed by atoms with Crippen LogP contribution in [0.15, 0.2) is 23.7 Å². The molecule has 1 aliphatic rings. The Bertz CT molecular complexity index is 749. The molecular formula is C15H21N3O2S2. The van der Waals surface area contributed by atoms with Crippen LogP contribution in [0.1, 0.15) is 19.8 Å². The molecule has 0 aliphatic carbocycles. The van der Waals surface area contributed by atoms with Gasteiger partial charge in [-0.25, -0.2) is 8.42 Å². The van der Waals surface area contributed by atoms with Crippen LogP contribution in [0.3, 0.4) is 0 Å². The summed E-state index contributed by atoms with van der Waals surface area (Å²) >= 11 is 1.71. The zero-order valence-corrected chi connectivity index (χ0v) is 14.5. The SMILES string of the molecule is CCN(C1CCN(c2ccnc3ccsc23)CC1)S(C)(=O)=O. The van der Waals surface area contributed by atoms with E-state index in [0.29, 0.717) is 6.54 Å². The lowest BCUT2D eigenvalue weighted by atomic mass is 10.0. The topological polar surface area (TPSA) is 53.5 Å². The lowest BCUT2D eigenvalue weighted by Crippen LogP contribution is -2.47. The molecule has 3 heterocycles. The third-order valence-electron chi connectivity index (χ3n) is 4.27. The number of rotatable bonds is 4. The molecule has 2 aromatic heterocycles. The summed E-state index contributed by atoms with van der Waals surface area (Å²) in [6.45, 7) is 4.22. The summed E-state index contributed by atoms with van der Waals surface area (Å²) in [6.07, 6.45) is 4.90. The minimum Gasteiger partial charge on any atom is -0.370 e. The predicted octanol–water partition coefficient (Wildman–Crippen LogP) is 2.55. The van der Waals surface area contributed by atoms with Gasteiger partial charge in [0.25, 0.3) is 0 Å². The van der Waals surface area contributed by atoms with Crippen LogP contribution in [0.4, 0.5) is 5.69 Å². The number of hydrogen-bond acceptors (Lipinski definition) is 5. The van der Waals surface area contributed by atoms with Crippen LogP contribution in [0, 0.1) is 0 Å². The highest BCUT2D eigenvalue weighted by molar-refractivity contribution is 7.88. The van der Waals surface area contributed by atoms with Crippen molar-refractivity contribution in [1.82, 2.24) is 9.29 Å². The second-order valence-electron chi connectivity index (χ2n) is 5.65. The van der Waals surface area contributed by atoms with Crippen molar-refractivity contribution >= 4 is 37.3 Å². The highest BCUT2D eigenvalue weighted by Crippen LogP contribution is 2.32. The van der Waals surface area contributed by atoms with Crippen LogP contribution >= 0.6 is 11.3 Å². The van der Waals surface area contributed by atoms with Crippen LogP contribution in [0.5, 0.6) is 0 Å². The van der Waals surface area contributed by atoms with Crippen LogP contribution in [-0.2, 0) is 10.0 Å². The number of hydrogen-bond donors (Lipinski definition) is 0. The first kappa shape index (κ1) is 15.7. The van der Waals surface area contributed by atoms with Gasteiger partial charge in [-0.15, -0.1) is 11.3 Å². The lowest BCUT2D eigenvalue weighted by molar-refractivity contribution is 0.286. The second kappa shape index (κ2) is 6.14. The molecule has 1 saturated heterocycles. The molecule has 120 valence electrons. The summed E-state index contributed by atoms with van der Waals surface area (Å²) in [6, 6.07) is 4.23. The fraction of sp³-hybridized carbons (Fsp3) is 0.533. The Morgan fingerprint density at radius 3 is 2.73 bits per heavy atom. The molecule has 0 unspecified atom stereocenters. The summed E-state index contributed by atoms with van der Waals surface area (Å²) in [5.74, 6) is 0. The average Bonchev–Trinajstić information content (AvgIpc) is 2.95. The first-order valence-electron chi connectivity index (χ1n) is 7.54. The minimum atomic E-state index is -3.12. The molecule has 0 N–H and O–H groups in total. The monoisotopic (exact) mass is 339 g/mol. The number of sulfonamides is 1. The molecule has 1 aliphatic heterocycles. The number of fused-ring (bicyclic) bond motifs is 1. The third kappa shape index (κ3) is 2.98. The van der Waals surface area contributed by atoms with Crippen LogP contribution in [0.25, 0.3) is 10.2 Å². The van der Waals surface area contributed by atoms with Gasteiger partial charge in [-0.3, -0.25) is 4.98 Å². The quantitative estimate of drug-likeness (QED) is 0.859. The lowest BCUT2D eigenvalue weighted by Gasteiger charge is -2.38. The van der Waals surface area contributed by atoms with Gasteiger partial charge in [-0.2, -0.15) is 4.31 Å². The van der Waals surface area contributed by atoms with Crippen molar-refractivity contribution in [1.29, 1.82) is 0 Å². The third-order valence-corrected chi connectivity index (χ3v) is 6.61. The summed E-state index contributed by atoms with van der Waals surface area (Å²) in [5.41, 5.74) is 2.26. The molecular weight excluding hydrogens is 318 g/mol. The molecule has 1 fully saturated rings. The van der Waals surface area contributed by atoms with Gasteiger partial charge >= 0.3 is 0 Å². The molecule has 0 saturated carbocycles. The van der Waals surface area contributed by atoms with Gasteiger partial charge in [0.2, 0.25) is 10.0 Å². The zero-order chi connectivity index (χ0) is 15.7. The largest absolute Gasteiger partial charge is 0.370 e. The van der Waals surface area contributed by atoms with Gasteiger partial charge in [0.05, 0.1) is 22.2 Å². The highest BCUT2D eigenvalue weighted by atomic mass is 32.2. The van der Waals surface area contributed by atoms with Crippen molar-refractivity contribution < 1.29 is 8.42 Å². The first-order valence-corrected chi connectivity index (χ1v) is 10.3. The van der Waals surface area contributed by atoms with Crippen LogP contribution < -0.4 is 4.90 Å². The molecule has 0 amide bonds. The standard InChI is InChI=1S/C15H21N3O2S2/c1-3-18(22(2,19)20)12-5-9-17(10-6-12)14-4-8-16-13-7-11-21-15(13)14/h4,7-8,11-12H,3,5-6,9-10H2,1-2H3. The number of pyridine rings is 1. The van der Waals surface area contributed by atoms with E-state index in [9.17, 15) is 8.42 Å². The average molecular weight is 339 g/mol. The van der Waals surface area contributed by atoms with Gasteiger partial charge in [0.1, 0.15) is 0 Å². The molecule has 7 heteroatoms. The molecule has 5 nitrogen and oxygen atoms in total. The Balaban J connectivity index is 1.76. The smallest absolute Gasteiger partial charge is 0.211 e. The second-order valence-corrected chi connectivity index (χ2v) is 8.50. The van der Waals surface area contributed by atoms with Crippen molar-refractivity contribution in [3.8, 4) is 0 Å². The van der Waals surface area contributed by atoms with Gasteiger partial charge < -0.3 is 4.90 Å². The van der Waals surface area contributed by atoms with E-state index in [4.69, 9.17) is 0 Å². The van der Waals surface area contributed by atoms with E-state index in [0.717, 1.165) is 31.4 Å². The molecule has 3 rings (SSSR count). The van der Waals surface area contributed by atoms with Crippen molar-refractivity contribution in [3.63, 3.8) is 0 Å². The number of aromatic nitrogens is 1. The van der Waals surface area contributed by atoms with Crippen molar-refractivity contribution in [2.45, 2.75) is 25.8 Å². The fourth-order valence-corrected chi connectivity index (χ4v) is 5.38. The molecule has 0 aromatic carbocycles. The van der Waals surface area contributed by atoms with E-state index < -0.39 is 10.0 Å². The first-order chi connectivity index (χ1) is 10.5. The molecule has 22 heavy (non-hydrogen) atoms. The fourth-order valence-electron chi connectivity index (χ4n) is 3.27. The normalized spacial score (nSPS) is 17.5. The van der Waals surface area contributed by atoms with Gasteiger partial charge in [-0.05, 0) is 30.4 Å². The van der Waals surface area contributed by atoms with Crippen molar-refractivity contribution in [2.24, 2.45) is 0 Å². The molecule has 0 spiro atoms. The highest BCUT2D eigenvalue weighted by Gasteiger charge is 2.29. The predicted molar refractivity (Wildman–Crippen MR) is 92.1 cm³/mol. The number of piperidine rings is 1. The van der Waals surface area contributed by atoms with Gasteiger partial charge in [0, 0.05) is 31.9 Å². The molecule has 0 radical (unpaired) electrons. The Morgan fingerprint density at radius 2 is 2.09 bits per heavy atom. The Labute approximate surface area is 135 Å². The van der Waals surface area contributed by atoms with Crippen molar-refractivity contribution in [2.75, 3.05) is 30.8 Å². The Morgan fingerprint density at radius 1 is 1.36 bits per heavy atom. The number of thiophene rings is 1. The maximum atomic E-state index is 11.9. The maximum absolute atomic E-state index is 11.9. The molecule has 0 bridgehead atoms. The Kier molecular flexibility index (Phi) is 4.38. The summed E-state index contributed by atoms with van der Waals surface area (Å²) < 4.78 is 26.6. The number of anilines is 1. The van der Waals surface area contributed by atoms with E-state index >= 15 is 0 Å². The van der Waals surface area contributed by atoms with Crippen LogP contribution in [-0.4, -0.2) is 49.6 Å². The maximum Gasteiger partial charge on any atom is 0.211 e. The van der Waals surface area contributed by atoms with E-state index in [1.54, 1.807) is 15.6 Å². The summed E-state index contributed by atoms with van der Waals surface area (Å²) in [7, 11) is -3.12. The van der Waals surface area contributed by atoms with Gasteiger partial charge in [0.15, 0.2) is 0 Å². The minimum absolute atomic E-state index is 0.122. The summed E-state index contributed by atoms with van der Waals surface area (Å²) in [5, 5.41) is 2.07. The molecule has 0 atom stereocenters. The Hall–Kier alpha value is -1.18. The van der Waals surface area contributed by atoms with E-state index in [2.05, 4.69) is 21.3 Å². The number of nitrogens with zero attached hydrogens (tertiary/aromatic N) is 3. The van der Waals surface area contributed by atoms with Crippen molar-refractivity contribution in [3.05, 3.63) is 23.7 Å².